The molecule has 0 radical (unpaired) electrons. The highest BCUT2D eigenvalue weighted by molar-refractivity contribution is 7.99. The first-order chi connectivity index (χ1) is 8.65. The van der Waals surface area contributed by atoms with Crippen LogP contribution in [0.2, 0.25) is 0 Å². The van der Waals surface area contributed by atoms with Crippen molar-refractivity contribution in [1.82, 2.24) is 0 Å². The highest BCUT2D eigenvalue weighted by Crippen LogP contribution is 2.36. The Morgan fingerprint density at radius 1 is 1.50 bits per heavy atom. The lowest BCUT2D eigenvalue weighted by Crippen LogP contribution is -2.42. The predicted molar refractivity (Wildman–Crippen MR) is 72.8 cm³/mol. The van der Waals surface area contributed by atoms with Crippen molar-refractivity contribution in [3.05, 3.63) is 23.5 Å². The lowest BCUT2D eigenvalue weighted by molar-refractivity contribution is -0.116. The number of fused-ring (bicyclic) bond motifs is 3. The molecule has 1 saturated heterocycles. The van der Waals surface area contributed by atoms with Gasteiger partial charge in [-0.2, -0.15) is 11.8 Å². The Balaban J connectivity index is 2.09. The fourth-order valence-electron chi connectivity index (χ4n) is 2.56. The zero-order valence-electron chi connectivity index (χ0n) is 10.2. The molecule has 0 saturated carbocycles. The van der Waals surface area contributed by atoms with Crippen molar-refractivity contribution in [1.29, 1.82) is 0 Å². The molecule has 1 N–H and O–H groups in total. The maximum atomic E-state index is 13.6. The molecule has 96 valence electrons. The summed E-state index contributed by atoms with van der Waals surface area (Å²) in [7, 11) is 0. The molecule has 1 aromatic carbocycles. The molecule has 1 fully saturated rings. The number of carbonyl (C=O) groups is 1. The number of aryl methyl sites for hydroxylation is 1. The van der Waals surface area contributed by atoms with Crippen molar-refractivity contribution in [2.45, 2.75) is 19.4 Å². The molecule has 18 heavy (non-hydrogen) atoms. The van der Waals surface area contributed by atoms with Gasteiger partial charge >= 0.3 is 0 Å². The van der Waals surface area contributed by atoms with Gasteiger partial charge in [-0.1, -0.05) is 0 Å². The first-order valence-electron chi connectivity index (χ1n) is 6.09. The standard InChI is InChI=1S/C13H15FN2OS/c1-8-4-12-11(6-10(8)14)15-13(17)5-9-7-18-3-2-16(9)12/h4,6,9H,2-3,5,7H2,1H3,(H,15,17). The van der Waals surface area contributed by atoms with Gasteiger partial charge in [0, 0.05) is 30.5 Å². The van der Waals surface area contributed by atoms with E-state index in [-0.39, 0.29) is 17.8 Å². The average Bonchev–Trinajstić information content (AvgIpc) is 2.46. The zero-order chi connectivity index (χ0) is 12.7. The van der Waals surface area contributed by atoms with Crippen LogP contribution >= 0.6 is 11.8 Å². The number of carbonyl (C=O) groups excluding carboxylic acids is 1. The smallest absolute Gasteiger partial charge is 0.226 e. The van der Waals surface area contributed by atoms with E-state index in [2.05, 4.69) is 10.2 Å². The van der Waals surface area contributed by atoms with Gasteiger partial charge in [-0.05, 0) is 24.6 Å². The minimum atomic E-state index is -0.265. The summed E-state index contributed by atoms with van der Waals surface area (Å²) in [6.07, 6.45) is 0.488. The molecular weight excluding hydrogens is 251 g/mol. The highest BCUT2D eigenvalue weighted by Gasteiger charge is 2.30. The molecule has 3 rings (SSSR count). The molecular formula is C13H15FN2OS. The number of benzene rings is 1. The van der Waals surface area contributed by atoms with Gasteiger partial charge in [-0.3, -0.25) is 4.79 Å². The Kier molecular flexibility index (Phi) is 2.93. The summed E-state index contributed by atoms with van der Waals surface area (Å²) < 4.78 is 13.6. The number of amides is 1. The van der Waals surface area contributed by atoms with E-state index >= 15 is 0 Å². The van der Waals surface area contributed by atoms with Gasteiger partial charge < -0.3 is 10.2 Å². The van der Waals surface area contributed by atoms with Gasteiger partial charge in [0.1, 0.15) is 5.82 Å². The minimum absolute atomic E-state index is 0.0190. The molecule has 2 heterocycles. The molecule has 3 nitrogen and oxygen atoms in total. The summed E-state index contributed by atoms with van der Waals surface area (Å²) in [4.78, 5) is 14.1. The van der Waals surface area contributed by atoms with Crippen molar-refractivity contribution in [3.63, 3.8) is 0 Å². The van der Waals surface area contributed by atoms with Crippen LogP contribution in [-0.2, 0) is 4.79 Å². The lowest BCUT2D eigenvalue weighted by atomic mass is 10.1. The van der Waals surface area contributed by atoms with Gasteiger partial charge in [-0.25, -0.2) is 4.39 Å². The van der Waals surface area contributed by atoms with E-state index in [1.54, 1.807) is 6.92 Å². The zero-order valence-corrected chi connectivity index (χ0v) is 11.0. The summed E-state index contributed by atoms with van der Waals surface area (Å²) in [6, 6.07) is 3.52. The van der Waals surface area contributed by atoms with E-state index in [9.17, 15) is 9.18 Å². The molecule has 1 atom stereocenters. The Morgan fingerprint density at radius 2 is 2.33 bits per heavy atom. The lowest BCUT2D eigenvalue weighted by Gasteiger charge is -2.36. The number of hydrogen-bond donors (Lipinski definition) is 1. The number of rotatable bonds is 0. The van der Waals surface area contributed by atoms with E-state index in [1.807, 2.05) is 17.8 Å². The molecule has 0 spiro atoms. The molecule has 1 amide bonds. The van der Waals surface area contributed by atoms with E-state index in [4.69, 9.17) is 0 Å². The van der Waals surface area contributed by atoms with Gasteiger partial charge in [0.2, 0.25) is 5.91 Å². The van der Waals surface area contributed by atoms with E-state index in [0.29, 0.717) is 17.7 Å². The molecule has 0 bridgehead atoms. The minimum Gasteiger partial charge on any atom is -0.365 e. The Labute approximate surface area is 110 Å². The molecule has 5 heteroatoms. The number of anilines is 2. The number of nitrogens with one attached hydrogen (secondary N) is 1. The molecule has 2 aliphatic heterocycles. The number of halogens is 1. The fraction of sp³-hybridized carbons (Fsp3) is 0.462. The van der Waals surface area contributed by atoms with Crippen LogP contribution in [0.1, 0.15) is 12.0 Å². The summed E-state index contributed by atoms with van der Waals surface area (Å²) in [5, 5.41) is 2.82. The Hall–Kier alpha value is -1.23. The maximum absolute atomic E-state index is 13.6. The summed E-state index contributed by atoms with van der Waals surface area (Å²) in [5.41, 5.74) is 2.20. The average molecular weight is 266 g/mol. The van der Waals surface area contributed by atoms with E-state index < -0.39 is 0 Å². The quantitative estimate of drug-likeness (QED) is 0.782. The molecule has 2 aliphatic rings. The van der Waals surface area contributed by atoms with Crippen LogP contribution in [0.15, 0.2) is 12.1 Å². The summed E-state index contributed by atoms with van der Waals surface area (Å²) >= 11 is 1.88. The van der Waals surface area contributed by atoms with Gasteiger partial charge in [-0.15, -0.1) is 0 Å². The third kappa shape index (κ3) is 1.96. The normalized spacial score (nSPS) is 22.9. The van der Waals surface area contributed by atoms with Gasteiger partial charge in [0.05, 0.1) is 11.4 Å². The fourth-order valence-corrected chi connectivity index (χ4v) is 3.62. The Bertz CT molecular complexity index is 506. The van der Waals surface area contributed by atoms with Gasteiger partial charge in [0.15, 0.2) is 0 Å². The summed E-state index contributed by atoms with van der Waals surface area (Å²) in [6.45, 7) is 2.68. The maximum Gasteiger partial charge on any atom is 0.226 e. The molecule has 0 aliphatic carbocycles. The third-order valence-electron chi connectivity index (χ3n) is 3.51. The van der Waals surface area contributed by atoms with Crippen LogP contribution < -0.4 is 10.2 Å². The topological polar surface area (TPSA) is 32.3 Å². The van der Waals surface area contributed by atoms with Crippen molar-refractivity contribution in [3.8, 4) is 0 Å². The van der Waals surface area contributed by atoms with Gasteiger partial charge in [0.25, 0.3) is 0 Å². The van der Waals surface area contributed by atoms with Crippen LogP contribution in [0.5, 0.6) is 0 Å². The molecule has 0 aromatic heterocycles. The first-order valence-corrected chi connectivity index (χ1v) is 7.25. The first kappa shape index (κ1) is 11.8. The highest BCUT2D eigenvalue weighted by atomic mass is 32.2. The monoisotopic (exact) mass is 266 g/mol. The van der Waals surface area contributed by atoms with Crippen LogP contribution in [0.4, 0.5) is 15.8 Å². The molecule has 1 unspecified atom stereocenters. The van der Waals surface area contributed by atoms with E-state index in [1.165, 1.54) is 6.07 Å². The predicted octanol–water partition coefficient (Wildman–Crippen LogP) is 2.40. The van der Waals surface area contributed by atoms with Crippen molar-refractivity contribution in [2.24, 2.45) is 0 Å². The van der Waals surface area contributed by atoms with Crippen molar-refractivity contribution in [2.75, 3.05) is 28.3 Å². The van der Waals surface area contributed by atoms with Crippen molar-refractivity contribution < 1.29 is 9.18 Å². The largest absolute Gasteiger partial charge is 0.365 e. The SMILES string of the molecule is Cc1cc2c(cc1F)NC(=O)CC1CSCCN21. The second kappa shape index (κ2) is 4.46. The van der Waals surface area contributed by atoms with Crippen LogP contribution in [0.25, 0.3) is 0 Å². The third-order valence-corrected chi connectivity index (χ3v) is 4.60. The van der Waals surface area contributed by atoms with Crippen molar-refractivity contribution >= 4 is 29.0 Å². The molecule has 1 aromatic rings. The second-order valence-corrected chi connectivity index (χ2v) is 5.94. The number of nitrogens with zero attached hydrogens (tertiary/aromatic N) is 1. The second-order valence-electron chi connectivity index (χ2n) is 4.79. The number of hydrogen-bond acceptors (Lipinski definition) is 3. The summed E-state index contributed by atoms with van der Waals surface area (Å²) in [5.74, 6) is 1.73. The van der Waals surface area contributed by atoms with E-state index in [0.717, 1.165) is 23.7 Å². The van der Waals surface area contributed by atoms with Crippen LogP contribution in [0, 0.1) is 12.7 Å². The number of thioether (sulfide) groups is 1. The van der Waals surface area contributed by atoms with Crippen LogP contribution in [-0.4, -0.2) is 30.0 Å². The van der Waals surface area contributed by atoms with Crippen LogP contribution in [0.3, 0.4) is 0 Å². The Morgan fingerprint density at radius 3 is 3.17 bits per heavy atom.